The van der Waals surface area contributed by atoms with E-state index in [0.29, 0.717) is 23.1 Å². The van der Waals surface area contributed by atoms with Gasteiger partial charge in [-0.25, -0.2) is 0 Å². The molecule has 2 N–H and O–H groups in total. The Morgan fingerprint density at radius 3 is 1.59 bits per heavy atom. The highest BCUT2D eigenvalue weighted by molar-refractivity contribution is 7.15. The molecule has 44 heavy (non-hydrogen) atoms. The second kappa shape index (κ2) is 13.0. The van der Waals surface area contributed by atoms with Crippen LogP contribution in [0.1, 0.15) is 71.5 Å². The van der Waals surface area contributed by atoms with Crippen LogP contribution in [0.3, 0.4) is 0 Å². The van der Waals surface area contributed by atoms with E-state index in [2.05, 4.69) is 65.1 Å². The van der Waals surface area contributed by atoms with E-state index in [1.807, 2.05) is 24.3 Å². The van der Waals surface area contributed by atoms with E-state index >= 15 is 0 Å². The lowest BCUT2D eigenvalue weighted by Crippen LogP contribution is -2.36. The number of rotatable bonds is 10. The molecule has 2 saturated heterocycles. The van der Waals surface area contributed by atoms with Gasteiger partial charge in [0.25, 0.3) is 0 Å². The van der Waals surface area contributed by atoms with Gasteiger partial charge in [-0.1, -0.05) is 53.4 Å². The molecule has 10 nitrogen and oxygen atoms in total. The number of benzene rings is 2. The van der Waals surface area contributed by atoms with Crippen molar-refractivity contribution in [3.8, 4) is 0 Å². The van der Waals surface area contributed by atoms with Crippen LogP contribution >= 0.6 is 22.7 Å². The highest BCUT2D eigenvalue weighted by Gasteiger charge is 2.29. The molecule has 228 valence electrons. The van der Waals surface area contributed by atoms with Crippen molar-refractivity contribution >= 4 is 56.1 Å². The summed E-state index contributed by atoms with van der Waals surface area (Å²) in [5, 5.41) is 26.4. The van der Waals surface area contributed by atoms with E-state index in [-0.39, 0.29) is 23.7 Å². The number of amides is 2. The normalized spacial score (nSPS) is 19.6. The molecule has 1 unspecified atom stereocenters. The Morgan fingerprint density at radius 2 is 1.16 bits per heavy atom. The Bertz CT molecular complexity index is 1510. The van der Waals surface area contributed by atoms with Gasteiger partial charge in [0, 0.05) is 49.4 Å². The summed E-state index contributed by atoms with van der Waals surface area (Å²) >= 11 is 2.93. The van der Waals surface area contributed by atoms with Gasteiger partial charge in [-0.3, -0.25) is 9.59 Å². The molecule has 0 bridgehead atoms. The first-order valence-corrected chi connectivity index (χ1v) is 17.1. The lowest BCUT2D eigenvalue weighted by Gasteiger charge is -2.33. The fourth-order valence-corrected chi connectivity index (χ4v) is 7.93. The van der Waals surface area contributed by atoms with Gasteiger partial charge in [-0.05, 0) is 67.5 Å². The van der Waals surface area contributed by atoms with Gasteiger partial charge in [0.15, 0.2) is 0 Å². The number of hydrogen-bond donors (Lipinski definition) is 2. The van der Waals surface area contributed by atoms with Crippen LogP contribution in [0.5, 0.6) is 0 Å². The van der Waals surface area contributed by atoms with Crippen LogP contribution in [-0.2, 0) is 22.4 Å². The van der Waals surface area contributed by atoms with Crippen molar-refractivity contribution in [1.29, 1.82) is 0 Å². The molecule has 0 radical (unpaired) electrons. The van der Waals surface area contributed by atoms with Gasteiger partial charge in [0.2, 0.25) is 22.1 Å². The molecule has 3 aliphatic rings. The third kappa shape index (κ3) is 6.76. The van der Waals surface area contributed by atoms with Crippen LogP contribution < -0.4 is 20.4 Å². The van der Waals surface area contributed by atoms with Crippen LogP contribution in [0.25, 0.3) is 0 Å². The SMILES string of the molecule is O=C(Cc1cccc(N2CCC2)c1)Nc1nnc(C2CCC[C@H](c3nnc(NC(=O)Cc4cccc(N5CCC5)c4)s3)C2)s1. The van der Waals surface area contributed by atoms with Gasteiger partial charge in [-0.15, -0.1) is 20.4 Å². The first-order chi connectivity index (χ1) is 21.6. The third-order valence-electron chi connectivity index (χ3n) is 8.74. The summed E-state index contributed by atoms with van der Waals surface area (Å²) in [4.78, 5) is 30.2. The highest BCUT2D eigenvalue weighted by Crippen LogP contribution is 2.43. The van der Waals surface area contributed by atoms with Crippen LogP contribution in [0.15, 0.2) is 48.5 Å². The van der Waals surface area contributed by atoms with Crippen molar-refractivity contribution in [2.75, 3.05) is 46.6 Å². The predicted molar refractivity (Wildman–Crippen MR) is 175 cm³/mol. The fraction of sp³-hybridized carbons (Fsp3) is 0.438. The van der Waals surface area contributed by atoms with Gasteiger partial charge >= 0.3 is 0 Å². The van der Waals surface area contributed by atoms with E-state index in [0.717, 1.165) is 73.0 Å². The highest BCUT2D eigenvalue weighted by atomic mass is 32.1. The molecule has 4 aromatic rings. The summed E-state index contributed by atoms with van der Waals surface area (Å²) in [5.74, 6) is 0.348. The van der Waals surface area contributed by atoms with Crippen LogP contribution in [0.4, 0.5) is 21.6 Å². The average molecular weight is 629 g/mol. The lowest BCUT2D eigenvalue weighted by atomic mass is 9.82. The number of aromatic nitrogens is 4. The van der Waals surface area contributed by atoms with Crippen molar-refractivity contribution in [2.24, 2.45) is 0 Å². The summed E-state index contributed by atoms with van der Waals surface area (Å²) < 4.78 is 0. The number of carbonyl (C=O) groups excluding carboxylic acids is 2. The smallest absolute Gasteiger partial charge is 0.230 e. The van der Waals surface area contributed by atoms with Crippen molar-refractivity contribution in [1.82, 2.24) is 20.4 Å². The Labute approximate surface area is 264 Å². The molecule has 2 aliphatic heterocycles. The first kappa shape index (κ1) is 28.8. The minimum absolute atomic E-state index is 0.0812. The Balaban J connectivity index is 0.913. The number of carbonyl (C=O) groups is 2. The lowest BCUT2D eigenvalue weighted by molar-refractivity contribution is -0.116. The largest absolute Gasteiger partial charge is 0.371 e. The van der Waals surface area contributed by atoms with Gasteiger partial charge in [0.05, 0.1) is 12.8 Å². The van der Waals surface area contributed by atoms with Crippen molar-refractivity contribution < 1.29 is 9.59 Å². The Morgan fingerprint density at radius 1 is 0.682 bits per heavy atom. The maximum absolute atomic E-state index is 12.8. The summed E-state index contributed by atoms with van der Waals surface area (Å²) in [6.07, 6.45) is 7.08. The standard InChI is InChI=1S/C32H36N8O2S2/c41-27(18-21-6-1-10-25(16-21)39-12-4-13-39)33-31-37-35-29(43-31)23-8-3-9-24(20-23)30-36-38-32(44-30)34-28(42)19-22-7-2-11-26(17-22)40-14-5-15-40/h1-2,6-7,10-11,16-17,23-24H,3-5,8-9,12-15,18-20H2,(H,33,37,41)(H,34,38,42)/t23-,24?/m0/s1. The molecule has 12 heteroatoms. The van der Waals surface area contributed by atoms with Crippen LogP contribution in [-0.4, -0.2) is 58.4 Å². The van der Waals surface area contributed by atoms with E-state index in [1.165, 1.54) is 46.9 Å². The zero-order valence-electron chi connectivity index (χ0n) is 24.6. The Kier molecular flexibility index (Phi) is 8.52. The molecule has 1 saturated carbocycles. The maximum Gasteiger partial charge on any atom is 0.230 e. The van der Waals surface area contributed by atoms with Crippen LogP contribution in [0.2, 0.25) is 0 Å². The zero-order valence-corrected chi connectivity index (χ0v) is 26.2. The summed E-state index contributed by atoms with van der Waals surface area (Å²) in [5.41, 5.74) is 4.35. The minimum Gasteiger partial charge on any atom is -0.371 e. The Hall–Kier alpha value is -3.90. The van der Waals surface area contributed by atoms with Gasteiger partial charge in [0.1, 0.15) is 10.0 Å². The summed E-state index contributed by atoms with van der Waals surface area (Å²) in [6.45, 7) is 4.32. The molecule has 2 atom stereocenters. The molecule has 7 rings (SSSR count). The molecule has 2 amide bonds. The monoisotopic (exact) mass is 628 g/mol. The number of anilines is 4. The van der Waals surface area contributed by atoms with Crippen LogP contribution in [0, 0.1) is 0 Å². The molecular weight excluding hydrogens is 593 g/mol. The summed E-state index contributed by atoms with van der Waals surface area (Å²) in [6, 6.07) is 16.4. The van der Waals surface area contributed by atoms with Crippen molar-refractivity contribution in [3.05, 3.63) is 69.7 Å². The predicted octanol–water partition coefficient (Wildman–Crippen LogP) is 5.61. The average Bonchev–Trinajstić information content (AvgIpc) is 3.62. The van der Waals surface area contributed by atoms with Crippen molar-refractivity contribution in [3.63, 3.8) is 0 Å². The minimum atomic E-state index is -0.0812. The summed E-state index contributed by atoms with van der Waals surface area (Å²) in [7, 11) is 0. The maximum atomic E-state index is 12.8. The fourth-order valence-electron chi connectivity index (χ4n) is 6.11. The topological polar surface area (TPSA) is 116 Å². The molecule has 4 heterocycles. The second-order valence-electron chi connectivity index (χ2n) is 11.9. The molecular formula is C32H36N8O2S2. The van der Waals surface area contributed by atoms with E-state index < -0.39 is 0 Å². The molecule has 1 aliphatic carbocycles. The first-order valence-electron chi connectivity index (χ1n) is 15.5. The van der Waals surface area contributed by atoms with Crippen molar-refractivity contribution in [2.45, 2.75) is 63.2 Å². The number of nitrogens with zero attached hydrogens (tertiary/aromatic N) is 6. The molecule has 2 aromatic carbocycles. The third-order valence-corrected chi connectivity index (χ3v) is 10.7. The number of hydrogen-bond acceptors (Lipinski definition) is 10. The molecule has 3 fully saturated rings. The number of nitrogens with one attached hydrogen (secondary N) is 2. The van der Waals surface area contributed by atoms with Gasteiger partial charge < -0.3 is 20.4 Å². The zero-order chi connectivity index (χ0) is 29.9. The van der Waals surface area contributed by atoms with E-state index in [1.54, 1.807) is 0 Å². The van der Waals surface area contributed by atoms with E-state index in [9.17, 15) is 9.59 Å². The quantitative estimate of drug-likeness (QED) is 0.233. The van der Waals surface area contributed by atoms with E-state index in [4.69, 9.17) is 0 Å². The second-order valence-corrected chi connectivity index (χ2v) is 13.9. The van der Waals surface area contributed by atoms with Gasteiger partial charge in [-0.2, -0.15) is 0 Å². The molecule has 0 spiro atoms. The molecule has 2 aromatic heterocycles.